The molecule has 0 saturated carbocycles. The number of halogens is 2. The van der Waals surface area contributed by atoms with Crippen molar-refractivity contribution in [3.63, 3.8) is 0 Å². The number of benzene rings is 3. The lowest BCUT2D eigenvalue weighted by Gasteiger charge is -2.48. The van der Waals surface area contributed by atoms with Crippen LogP contribution in [0.2, 0.25) is 0 Å². The maximum absolute atomic E-state index is 13.7. The molecule has 0 bridgehead atoms. The van der Waals surface area contributed by atoms with E-state index in [-0.39, 0.29) is 18.9 Å². The van der Waals surface area contributed by atoms with Crippen LogP contribution in [0.3, 0.4) is 0 Å². The number of hydrogen-bond donors (Lipinski definition) is 8. The van der Waals surface area contributed by atoms with E-state index in [0.717, 1.165) is 5.56 Å². The molecule has 0 unspecified atom stereocenters. The zero-order chi connectivity index (χ0) is 38.7. The molecular weight excluding hydrogens is 716 g/mol. The number of ether oxygens (including phenoxy) is 4. The molecule has 3 saturated heterocycles. The van der Waals surface area contributed by atoms with Crippen LogP contribution in [0, 0.1) is 17.6 Å². The maximum Gasteiger partial charge on any atom is 0.233 e. The van der Waals surface area contributed by atoms with E-state index in [1.54, 1.807) is 29.2 Å². The average Bonchev–Trinajstić information content (AvgIpc) is 3.18. The summed E-state index contributed by atoms with van der Waals surface area (Å²) in [6, 6.07) is 17.4. The first-order valence-corrected chi connectivity index (χ1v) is 17.7. The van der Waals surface area contributed by atoms with Crippen LogP contribution in [0.1, 0.15) is 36.1 Å². The summed E-state index contributed by atoms with van der Waals surface area (Å²) in [5.74, 6) is -1.24. The summed E-state index contributed by atoms with van der Waals surface area (Å²) >= 11 is 0. The number of carbonyl (C=O) groups is 1. The first-order chi connectivity index (χ1) is 25.9. The van der Waals surface area contributed by atoms with Gasteiger partial charge >= 0.3 is 0 Å². The van der Waals surface area contributed by atoms with Gasteiger partial charge in [-0.2, -0.15) is 0 Å². The van der Waals surface area contributed by atoms with E-state index in [9.17, 15) is 54.4 Å². The van der Waals surface area contributed by atoms with Crippen LogP contribution in [0.4, 0.5) is 14.5 Å². The van der Waals surface area contributed by atoms with Crippen LogP contribution in [0.15, 0.2) is 72.8 Å². The number of carbonyl (C=O) groups excluding carboxylic acids is 1. The lowest BCUT2D eigenvalue weighted by atomic mass is 9.78. The van der Waals surface area contributed by atoms with Crippen molar-refractivity contribution in [2.24, 2.45) is 5.92 Å². The minimum absolute atomic E-state index is 0.200. The predicted octanol–water partition coefficient (Wildman–Crippen LogP) is 0.271. The molecule has 3 fully saturated rings. The van der Waals surface area contributed by atoms with Crippen molar-refractivity contribution in [3.05, 3.63) is 95.6 Å². The molecule has 3 heterocycles. The number of rotatable bonds is 14. The summed E-state index contributed by atoms with van der Waals surface area (Å²) in [4.78, 5) is 15.0. The fourth-order valence-corrected chi connectivity index (χ4v) is 7.26. The predicted molar refractivity (Wildman–Crippen MR) is 184 cm³/mol. The standard InChI is InChI=1S/C38H45F2NO13/c39-21-5-1-19(2-6-21)26(44)14-13-25-31(41(38(25)50)23-9-7-22(40)8-10-23)20-3-11-24(12-4-20)51-17-29-34(47)36(49)37(28(16-43)54-29)52-18-30-33(46)35(48)32(45)27(15-42)53-30/h1-12,25-37,42-49H,13-18H2/t25-,26+,27-,28-,29+,30+,31-,32-,33+,34+,35+,36-,37-/m1/s1. The number of aliphatic hydroxyl groups is 8. The van der Waals surface area contributed by atoms with Gasteiger partial charge in [-0.15, -0.1) is 0 Å². The van der Waals surface area contributed by atoms with E-state index in [0.29, 0.717) is 23.4 Å². The average molecular weight is 762 g/mol. The first-order valence-electron chi connectivity index (χ1n) is 17.7. The summed E-state index contributed by atoms with van der Waals surface area (Å²) in [7, 11) is 0. The van der Waals surface area contributed by atoms with Gasteiger partial charge in [0.2, 0.25) is 5.91 Å². The smallest absolute Gasteiger partial charge is 0.233 e. The first kappa shape index (κ1) is 40.0. The molecule has 3 aliphatic heterocycles. The van der Waals surface area contributed by atoms with Crippen LogP contribution < -0.4 is 9.64 Å². The number of anilines is 1. The Morgan fingerprint density at radius 2 is 1.24 bits per heavy atom. The normalized spacial score (nSPS) is 33.3. The molecule has 0 radical (unpaired) electrons. The monoisotopic (exact) mass is 761 g/mol. The molecule has 8 N–H and O–H groups in total. The van der Waals surface area contributed by atoms with Crippen molar-refractivity contribution in [2.45, 2.75) is 86.0 Å². The zero-order valence-corrected chi connectivity index (χ0v) is 29.0. The molecule has 14 nitrogen and oxygen atoms in total. The zero-order valence-electron chi connectivity index (χ0n) is 29.0. The van der Waals surface area contributed by atoms with Crippen LogP contribution in [-0.2, 0) is 19.0 Å². The second-order valence-corrected chi connectivity index (χ2v) is 13.8. The van der Waals surface area contributed by atoms with Crippen molar-refractivity contribution < 1.29 is 73.4 Å². The van der Waals surface area contributed by atoms with Crippen LogP contribution in [0.5, 0.6) is 5.75 Å². The fourth-order valence-electron chi connectivity index (χ4n) is 7.26. The van der Waals surface area contributed by atoms with E-state index in [2.05, 4.69) is 0 Å². The number of amides is 1. The number of β-lactam (4-membered cyclic amide) rings is 1. The van der Waals surface area contributed by atoms with Gasteiger partial charge in [0.25, 0.3) is 0 Å². The Kier molecular flexibility index (Phi) is 12.9. The third kappa shape index (κ3) is 8.44. The van der Waals surface area contributed by atoms with Gasteiger partial charge < -0.3 is 64.7 Å². The summed E-state index contributed by atoms with van der Waals surface area (Å²) < 4.78 is 49.9. The molecule has 0 aliphatic carbocycles. The van der Waals surface area contributed by atoms with E-state index < -0.39 is 111 Å². The largest absolute Gasteiger partial charge is 0.491 e. The molecule has 3 aromatic carbocycles. The minimum Gasteiger partial charge on any atom is -0.491 e. The highest BCUT2D eigenvalue weighted by atomic mass is 19.1. The van der Waals surface area contributed by atoms with Gasteiger partial charge in [0.1, 0.15) is 85.0 Å². The number of nitrogens with zero attached hydrogens (tertiary/aromatic N) is 1. The maximum atomic E-state index is 13.7. The van der Waals surface area contributed by atoms with E-state index in [1.807, 2.05) is 0 Å². The van der Waals surface area contributed by atoms with Gasteiger partial charge in [-0.25, -0.2) is 8.78 Å². The van der Waals surface area contributed by atoms with Crippen molar-refractivity contribution >= 4 is 11.6 Å². The summed E-state index contributed by atoms with van der Waals surface area (Å²) in [6.45, 7) is -1.95. The highest BCUT2D eigenvalue weighted by molar-refractivity contribution is 6.03. The van der Waals surface area contributed by atoms with E-state index >= 15 is 0 Å². The highest BCUT2D eigenvalue weighted by Crippen LogP contribution is 2.46. The summed E-state index contributed by atoms with van der Waals surface area (Å²) in [5, 5.41) is 82.4. The van der Waals surface area contributed by atoms with Gasteiger partial charge in [-0.3, -0.25) is 4.79 Å². The lowest BCUT2D eigenvalue weighted by Crippen LogP contribution is -2.63. The molecular formula is C38H45F2NO13. The highest BCUT2D eigenvalue weighted by Gasteiger charge is 2.49. The fraction of sp³-hybridized carbons (Fsp3) is 0.500. The van der Waals surface area contributed by atoms with Crippen molar-refractivity contribution in [3.8, 4) is 5.75 Å². The topological polar surface area (TPSA) is 219 Å². The third-order valence-electron chi connectivity index (χ3n) is 10.4. The number of hydrogen-bond acceptors (Lipinski definition) is 13. The molecule has 0 aromatic heterocycles. The van der Waals surface area contributed by atoms with Crippen molar-refractivity contribution in [2.75, 3.05) is 31.3 Å². The van der Waals surface area contributed by atoms with Gasteiger partial charge in [0, 0.05) is 5.69 Å². The second-order valence-electron chi connectivity index (χ2n) is 13.8. The van der Waals surface area contributed by atoms with Crippen LogP contribution in [0.25, 0.3) is 0 Å². The van der Waals surface area contributed by atoms with Crippen LogP contribution >= 0.6 is 0 Å². The molecule has 54 heavy (non-hydrogen) atoms. The lowest BCUT2D eigenvalue weighted by molar-refractivity contribution is -0.271. The molecule has 3 aromatic rings. The molecule has 0 spiro atoms. The summed E-state index contributed by atoms with van der Waals surface area (Å²) in [6.07, 6.45) is -14.2. The molecule has 1 amide bonds. The van der Waals surface area contributed by atoms with Gasteiger partial charge in [-0.1, -0.05) is 24.3 Å². The Morgan fingerprint density at radius 1 is 0.685 bits per heavy atom. The van der Waals surface area contributed by atoms with Crippen molar-refractivity contribution in [1.82, 2.24) is 0 Å². The van der Waals surface area contributed by atoms with E-state index in [1.165, 1.54) is 48.5 Å². The summed E-state index contributed by atoms with van der Waals surface area (Å²) in [5.41, 5.74) is 1.76. The van der Waals surface area contributed by atoms with Gasteiger partial charge in [0.15, 0.2) is 0 Å². The SMILES string of the molecule is O=C1[C@H](CC[C@H](O)c2ccc(F)cc2)[C@@H](c2ccc(OC[C@@H]3O[C@H](CO)[C@@H](OC[C@@H]4O[C@H](CO)[C@@H](O)[C@H](O)[C@H]4O)[C@H](O)[C@H]3O)cc2)N1c1ccc(F)cc1. The molecule has 16 heteroatoms. The molecule has 6 rings (SSSR count). The molecule has 13 atom stereocenters. The minimum atomic E-state index is -1.63. The second kappa shape index (κ2) is 17.4. The van der Waals surface area contributed by atoms with E-state index in [4.69, 9.17) is 18.9 Å². The van der Waals surface area contributed by atoms with Crippen LogP contribution in [-0.4, -0.2) is 134 Å². The number of aliphatic hydroxyl groups excluding tert-OH is 8. The Labute approximate surface area is 309 Å². The Bertz CT molecular complexity index is 1670. The van der Waals surface area contributed by atoms with Gasteiger partial charge in [0.05, 0.1) is 37.9 Å². The Balaban J connectivity index is 1.08. The molecule has 294 valence electrons. The third-order valence-corrected chi connectivity index (χ3v) is 10.4. The van der Waals surface area contributed by atoms with Crippen molar-refractivity contribution in [1.29, 1.82) is 0 Å². The molecule has 3 aliphatic rings. The Hall–Kier alpha value is -3.65. The van der Waals surface area contributed by atoms with Gasteiger partial charge in [-0.05, 0) is 72.5 Å². The quantitative estimate of drug-likeness (QED) is 0.104. The Morgan fingerprint density at radius 3 is 1.87 bits per heavy atom.